The average Bonchev–Trinajstić information content (AvgIpc) is 2.71. The van der Waals surface area contributed by atoms with Crippen molar-refractivity contribution in [2.24, 2.45) is 0 Å². The second-order valence-electron chi connectivity index (χ2n) is 6.25. The van der Waals surface area contributed by atoms with Gasteiger partial charge in [-0.05, 0) is 59.2 Å². The number of rotatable bonds is 5. The van der Waals surface area contributed by atoms with Crippen LogP contribution in [0.25, 0.3) is 6.08 Å². The minimum atomic E-state index is -0.592. The van der Waals surface area contributed by atoms with Crippen molar-refractivity contribution in [1.29, 1.82) is 5.26 Å². The molecule has 0 aliphatic rings. The maximum atomic E-state index is 13.9. The molecule has 0 atom stereocenters. The van der Waals surface area contributed by atoms with E-state index in [2.05, 4.69) is 21.2 Å². The summed E-state index contributed by atoms with van der Waals surface area (Å²) in [5.74, 6) is -1.28. The molecule has 0 aromatic heterocycles. The van der Waals surface area contributed by atoms with E-state index in [4.69, 9.17) is 0 Å². The Kier molecular flexibility index (Phi) is 6.53. The highest BCUT2D eigenvalue weighted by Crippen LogP contribution is 2.24. The van der Waals surface area contributed by atoms with Crippen molar-refractivity contribution in [3.8, 4) is 6.07 Å². The fraction of sp³-hybridized carbons (Fsp3) is 0.0435. The maximum Gasteiger partial charge on any atom is 0.266 e. The van der Waals surface area contributed by atoms with Crippen LogP contribution in [0.4, 0.5) is 14.5 Å². The Morgan fingerprint density at radius 2 is 1.76 bits per heavy atom. The smallest absolute Gasteiger partial charge is 0.266 e. The number of nitrogens with one attached hydrogen (secondary N) is 1. The molecule has 6 heteroatoms. The zero-order valence-corrected chi connectivity index (χ0v) is 16.7. The lowest BCUT2D eigenvalue weighted by Gasteiger charge is -2.08. The van der Waals surface area contributed by atoms with Gasteiger partial charge in [-0.1, -0.05) is 46.3 Å². The molecular weight excluding hydrogens is 438 g/mol. The molecular formula is C23H15BrF2N2O. The van der Waals surface area contributed by atoms with E-state index in [1.807, 2.05) is 12.1 Å². The molecule has 3 rings (SSSR count). The quantitative estimate of drug-likeness (QED) is 0.389. The van der Waals surface area contributed by atoms with Crippen molar-refractivity contribution >= 4 is 33.6 Å². The van der Waals surface area contributed by atoms with Gasteiger partial charge in [-0.2, -0.15) is 5.26 Å². The number of hydrogen-bond acceptors (Lipinski definition) is 2. The molecule has 0 aliphatic heterocycles. The summed E-state index contributed by atoms with van der Waals surface area (Å²) in [6.45, 7) is 0. The van der Waals surface area contributed by atoms with Gasteiger partial charge in [0.2, 0.25) is 0 Å². The first-order valence-electron chi connectivity index (χ1n) is 8.67. The van der Waals surface area contributed by atoms with Gasteiger partial charge in [-0.3, -0.25) is 4.79 Å². The van der Waals surface area contributed by atoms with Gasteiger partial charge in [0.25, 0.3) is 5.91 Å². The first-order chi connectivity index (χ1) is 14.0. The molecule has 0 bridgehead atoms. The minimum Gasteiger partial charge on any atom is -0.321 e. The van der Waals surface area contributed by atoms with Gasteiger partial charge in [0, 0.05) is 16.6 Å². The van der Waals surface area contributed by atoms with Crippen LogP contribution in [-0.2, 0) is 11.2 Å². The number of halogens is 3. The lowest BCUT2D eigenvalue weighted by Crippen LogP contribution is -2.13. The number of benzene rings is 3. The molecule has 1 N–H and O–H groups in total. The zero-order chi connectivity index (χ0) is 20.8. The van der Waals surface area contributed by atoms with Crippen molar-refractivity contribution in [1.82, 2.24) is 0 Å². The summed E-state index contributed by atoms with van der Waals surface area (Å²) in [6.07, 6.45) is 1.86. The fourth-order valence-corrected chi connectivity index (χ4v) is 3.23. The van der Waals surface area contributed by atoms with E-state index in [1.54, 1.807) is 30.3 Å². The first kappa shape index (κ1) is 20.4. The maximum absolute atomic E-state index is 13.9. The Morgan fingerprint density at radius 1 is 1.03 bits per heavy atom. The van der Waals surface area contributed by atoms with E-state index in [9.17, 15) is 18.8 Å². The summed E-state index contributed by atoms with van der Waals surface area (Å²) in [6, 6.07) is 19.0. The third kappa shape index (κ3) is 5.37. The second-order valence-corrected chi connectivity index (χ2v) is 7.10. The molecule has 0 saturated heterocycles. The highest BCUT2D eigenvalue weighted by atomic mass is 79.9. The van der Waals surface area contributed by atoms with E-state index in [1.165, 1.54) is 36.4 Å². The number of carbonyl (C=O) groups is 1. The van der Waals surface area contributed by atoms with Gasteiger partial charge >= 0.3 is 0 Å². The lowest BCUT2D eigenvalue weighted by atomic mass is 10.0. The van der Waals surface area contributed by atoms with Crippen LogP contribution in [0.15, 0.2) is 76.8 Å². The van der Waals surface area contributed by atoms with Crippen LogP contribution in [0.5, 0.6) is 0 Å². The molecule has 1 amide bonds. The van der Waals surface area contributed by atoms with E-state index in [0.29, 0.717) is 23.2 Å². The zero-order valence-electron chi connectivity index (χ0n) is 15.1. The van der Waals surface area contributed by atoms with Gasteiger partial charge in [-0.25, -0.2) is 8.78 Å². The minimum absolute atomic E-state index is 0.0944. The van der Waals surface area contributed by atoms with Crippen molar-refractivity contribution in [3.05, 3.63) is 105 Å². The number of hydrogen-bond donors (Lipinski definition) is 1. The molecule has 29 heavy (non-hydrogen) atoms. The molecule has 144 valence electrons. The molecule has 3 aromatic carbocycles. The lowest BCUT2D eigenvalue weighted by molar-refractivity contribution is -0.112. The van der Waals surface area contributed by atoms with Gasteiger partial charge in [0.1, 0.15) is 23.3 Å². The molecule has 0 unspecified atom stereocenters. The SMILES string of the molecule is N#C/C(=C\c1ccc(Cc2ccccc2F)c(Br)c1)C(=O)Nc1ccc(F)cc1. The van der Waals surface area contributed by atoms with Gasteiger partial charge < -0.3 is 5.32 Å². The van der Waals surface area contributed by atoms with Gasteiger partial charge in [0.05, 0.1) is 0 Å². The molecule has 0 aliphatic carbocycles. The van der Waals surface area contributed by atoms with Crippen LogP contribution in [0.2, 0.25) is 0 Å². The Bertz CT molecular complexity index is 1120. The van der Waals surface area contributed by atoms with E-state index < -0.39 is 11.7 Å². The number of amides is 1. The predicted octanol–water partition coefficient (Wildman–Crippen LogP) is 5.86. The standard InChI is InChI=1S/C23H15BrF2N2O/c24-21-12-15(5-6-16(21)13-17-3-1-2-4-22(17)26)11-18(14-27)23(29)28-20-9-7-19(25)8-10-20/h1-12H,13H2,(H,28,29)/b18-11+. The molecule has 0 saturated carbocycles. The highest BCUT2D eigenvalue weighted by molar-refractivity contribution is 9.10. The van der Waals surface area contributed by atoms with Crippen LogP contribution >= 0.6 is 15.9 Å². The second kappa shape index (κ2) is 9.26. The predicted molar refractivity (Wildman–Crippen MR) is 112 cm³/mol. The molecule has 3 nitrogen and oxygen atoms in total. The molecule has 0 radical (unpaired) electrons. The third-order valence-corrected chi connectivity index (χ3v) is 4.93. The van der Waals surface area contributed by atoms with E-state index in [-0.39, 0.29) is 11.4 Å². The Hall–Kier alpha value is -3.30. The van der Waals surface area contributed by atoms with Gasteiger partial charge in [0.15, 0.2) is 0 Å². The summed E-state index contributed by atoms with van der Waals surface area (Å²) in [5.41, 5.74) is 2.39. The normalized spacial score (nSPS) is 11.0. The molecule has 0 heterocycles. The van der Waals surface area contributed by atoms with Gasteiger partial charge in [-0.15, -0.1) is 0 Å². The van der Waals surface area contributed by atoms with Crippen molar-refractivity contribution in [2.75, 3.05) is 5.32 Å². The van der Waals surface area contributed by atoms with Crippen LogP contribution in [0.1, 0.15) is 16.7 Å². The Balaban J connectivity index is 1.78. The summed E-state index contributed by atoms with van der Waals surface area (Å²) in [7, 11) is 0. The van der Waals surface area contributed by atoms with Crippen LogP contribution in [-0.4, -0.2) is 5.91 Å². The summed E-state index contributed by atoms with van der Waals surface area (Å²) < 4.78 is 27.6. The van der Waals surface area contributed by atoms with E-state index in [0.717, 1.165) is 10.0 Å². The monoisotopic (exact) mass is 452 g/mol. The summed E-state index contributed by atoms with van der Waals surface area (Å²) in [5, 5.41) is 11.9. The highest BCUT2D eigenvalue weighted by Gasteiger charge is 2.11. The molecule has 0 fully saturated rings. The van der Waals surface area contributed by atoms with Crippen LogP contribution < -0.4 is 5.32 Å². The third-order valence-electron chi connectivity index (χ3n) is 4.19. The molecule has 0 spiro atoms. The first-order valence-corrected chi connectivity index (χ1v) is 9.46. The van der Waals surface area contributed by atoms with Crippen LogP contribution in [0, 0.1) is 23.0 Å². The Morgan fingerprint density at radius 3 is 2.41 bits per heavy atom. The number of carbonyl (C=O) groups excluding carboxylic acids is 1. The van der Waals surface area contributed by atoms with Crippen molar-refractivity contribution in [3.63, 3.8) is 0 Å². The molecule has 3 aromatic rings. The number of nitriles is 1. The summed E-state index contributed by atoms with van der Waals surface area (Å²) >= 11 is 3.47. The summed E-state index contributed by atoms with van der Waals surface area (Å²) in [4.78, 5) is 12.3. The van der Waals surface area contributed by atoms with Crippen molar-refractivity contribution < 1.29 is 13.6 Å². The average molecular weight is 453 g/mol. The number of nitrogens with zero attached hydrogens (tertiary/aromatic N) is 1. The largest absolute Gasteiger partial charge is 0.321 e. The van der Waals surface area contributed by atoms with Crippen molar-refractivity contribution in [2.45, 2.75) is 6.42 Å². The topological polar surface area (TPSA) is 52.9 Å². The van der Waals surface area contributed by atoms with Crippen LogP contribution in [0.3, 0.4) is 0 Å². The number of anilines is 1. The Labute approximate surface area is 175 Å². The van der Waals surface area contributed by atoms with E-state index >= 15 is 0 Å². The fourth-order valence-electron chi connectivity index (χ4n) is 2.69.